The molecular formula is C13H10N2O3. The second-order valence-corrected chi connectivity index (χ2v) is 3.79. The first kappa shape index (κ1) is 10.6. The van der Waals surface area contributed by atoms with Gasteiger partial charge in [-0.05, 0) is 18.2 Å². The van der Waals surface area contributed by atoms with Gasteiger partial charge in [-0.3, -0.25) is 4.79 Å². The third-order valence-electron chi connectivity index (χ3n) is 2.77. The van der Waals surface area contributed by atoms with E-state index in [9.17, 15) is 4.79 Å². The van der Waals surface area contributed by atoms with E-state index in [2.05, 4.69) is 4.98 Å². The molecule has 0 aliphatic rings. The van der Waals surface area contributed by atoms with E-state index in [-0.39, 0.29) is 5.43 Å². The van der Waals surface area contributed by atoms with Gasteiger partial charge < -0.3 is 9.25 Å². The lowest BCUT2D eigenvalue weighted by Gasteiger charge is -2.08. The second kappa shape index (κ2) is 4.03. The summed E-state index contributed by atoms with van der Waals surface area (Å²) < 4.78 is 6.76. The highest BCUT2D eigenvalue weighted by atomic mass is 16.6. The van der Waals surface area contributed by atoms with Crippen molar-refractivity contribution in [3.8, 4) is 11.3 Å². The van der Waals surface area contributed by atoms with Crippen molar-refractivity contribution >= 4 is 10.9 Å². The quantitative estimate of drug-likeness (QED) is 0.686. The molecule has 0 unspecified atom stereocenters. The lowest BCUT2D eigenvalue weighted by Crippen LogP contribution is -2.12. The van der Waals surface area contributed by atoms with Gasteiger partial charge >= 0.3 is 0 Å². The predicted molar refractivity (Wildman–Crippen MR) is 66.2 cm³/mol. The van der Waals surface area contributed by atoms with Crippen LogP contribution in [0.25, 0.3) is 22.2 Å². The van der Waals surface area contributed by atoms with Gasteiger partial charge in [-0.1, -0.05) is 0 Å². The van der Waals surface area contributed by atoms with Crippen molar-refractivity contribution in [1.29, 1.82) is 0 Å². The van der Waals surface area contributed by atoms with E-state index in [1.54, 1.807) is 30.3 Å². The van der Waals surface area contributed by atoms with Crippen molar-refractivity contribution in [3.63, 3.8) is 0 Å². The topological polar surface area (TPSA) is 57.3 Å². The molecule has 5 heteroatoms. The first-order valence-electron chi connectivity index (χ1n) is 5.38. The molecule has 0 aliphatic carbocycles. The van der Waals surface area contributed by atoms with E-state index in [1.165, 1.54) is 12.5 Å². The van der Waals surface area contributed by atoms with Gasteiger partial charge in [-0.25, -0.2) is 4.98 Å². The Morgan fingerprint density at radius 1 is 1.33 bits per heavy atom. The summed E-state index contributed by atoms with van der Waals surface area (Å²) >= 11 is 0. The lowest BCUT2D eigenvalue weighted by atomic mass is 10.1. The number of nitrogens with zero attached hydrogens (tertiary/aromatic N) is 2. The number of hydrogen-bond acceptors (Lipinski definition) is 4. The minimum atomic E-state index is -0.0559. The number of rotatable bonds is 2. The van der Waals surface area contributed by atoms with Crippen molar-refractivity contribution in [2.45, 2.75) is 0 Å². The average Bonchev–Trinajstić information content (AvgIpc) is 2.93. The molecule has 0 saturated carbocycles. The zero-order valence-electron chi connectivity index (χ0n) is 9.66. The summed E-state index contributed by atoms with van der Waals surface area (Å²) in [6.45, 7) is 0. The molecule has 0 N–H and O–H groups in total. The largest absolute Gasteiger partial charge is 0.444 e. The SMILES string of the molecule is COn1ccc(=O)c2cc(-c3cnco3)ccc21. The van der Waals surface area contributed by atoms with Gasteiger partial charge in [0, 0.05) is 23.2 Å². The maximum atomic E-state index is 11.9. The molecule has 0 saturated heterocycles. The van der Waals surface area contributed by atoms with E-state index < -0.39 is 0 Å². The van der Waals surface area contributed by atoms with Gasteiger partial charge in [0.15, 0.2) is 17.6 Å². The molecule has 0 spiro atoms. The molecule has 3 rings (SSSR count). The second-order valence-electron chi connectivity index (χ2n) is 3.79. The van der Waals surface area contributed by atoms with Gasteiger partial charge in [0.1, 0.15) is 7.11 Å². The Balaban J connectivity index is 2.30. The minimum absolute atomic E-state index is 0.0559. The Kier molecular flexibility index (Phi) is 2.37. The van der Waals surface area contributed by atoms with Crippen LogP contribution in [0.1, 0.15) is 0 Å². The molecule has 1 aromatic carbocycles. The summed E-state index contributed by atoms with van der Waals surface area (Å²) in [5, 5.41) is 0.577. The monoisotopic (exact) mass is 242 g/mol. The molecule has 0 bridgehead atoms. The zero-order valence-corrected chi connectivity index (χ0v) is 9.66. The van der Waals surface area contributed by atoms with Crippen molar-refractivity contribution in [2.75, 3.05) is 7.11 Å². The summed E-state index contributed by atoms with van der Waals surface area (Å²) in [6.07, 6.45) is 4.57. The summed E-state index contributed by atoms with van der Waals surface area (Å²) in [4.78, 5) is 20.9. The van der Waals surface area contributed by atoms with E-state index in [1.807, 2.05) is 12.1 Å². The molecule has 0 atom stereocenters. The Hall–Kier alpha value is -2.56. The third-order valence-corrected chi connectivity index (χ3v) is 2.77. The van der Waals surface area contributed by atoms with Crippen LogP contribution in [-0.2, 0) is 0 Å². The van der Waals surface area contributed by atoms with E-state index >= 15 is 0 Å². The van der Waals surface area contributed by atoms with Crippen molar-refractivity contribution in [3.05, 3.63) is 53.3 Å². The number of hydrogen-bond donors (Lipinski definition) is 0. The third kappa shape index (κ3) is 1.57. The van der Waals surface area contributed by atoms with Crippen LogP contribution in [0, 0.1) is 0 Å². The fourth-order valence-electron chi connectivity index (χ4n) is 1.90. The average molecular weight is 242 g/mol. The van der Waals surface area contributed by atoms with Gasteiger partial charge in [0.05, 0.1) is 11.7 Å². The zero-order chi connectivity index (χ0) is 12.5. The van der Waals surface area contributed by atoms with Crippen LogP contribution in [0.3, 0.4) is 0 Å². The molecule has 0 aliphatic heterocycles. The highest BCUT2D eigenvalue weighted by molar-refractivity contribution is 5.83. The van der Waals surface area contributed by atoms with Crippen LogP contribution >= 0.6 is 0 Å². The molecule has 0 fully saturated rings. The van der Waals surface area contributed by atoms with Crippen LogP contribution in [0.5, 0.6) is 0 Å². The van der Waals surface area contributed by atoms with E-state index in [0.717, 1.165) is 5.56 Å². The number of oxazole rings is 1. The molecular weight excluding hydrogens is 232 g/mol. The summed E-state index contributed by atoms with van der Waals surface area (Å²) in [5.41, 5.74) is 1.47. The Bertz CT molecular complexity index is 745. The highest BCUT2D eigenvalue weighted by Gasteiger charge is 2.07. The van der Waals surface area contributed by atoms with Crippen molar-refractivity contribution in [2.24, 2.45) is 0 Å². The maximum Gasteiger partial charge on any atom is 0.189 e. The fourth-order valence-corrected chi connectivity index (χ4v) is 1.90. The predicted octanol–water partition coefficient (Wildman–Crippen LogP) is 1.71. The molecule has 0 amide bonds. The molecule has 2 aromatic heterocycles. The molecule has 2 heterocycles. The molecule has 18 heavy (non-hydrogen) atoms. The number of aromatic nitrogens is 2. The van der Waals surface area contributed by atoms with Crippen molar-refractivity contribution in [1.82, 2.24) is 9.71 Å². The molecule has 3 aromatic rings. The Morgan fingerprint density at radius 2 is 2.22 bits per heavy atom. The van der Waals surface area contributed by atoms with Crippen LogP contribution in [0.2, 0.25) is 0 Å². The van der Waals surface area contributed by atoms with Crippen LogP contribution in [0.15, 0.2) is 52.3 Å². The smallest absolute Gasteiger partial charge is 0.189 e. The first-order valence-corrected chi connectivity index (χ1v) is 5.38. The first-order chi connectivity index (χ1) is 8.79. The van der Waals surface area contributed by atoms with Crippen molar-refractivity contribution < 1.29 is 9.25 Å². The summed E-state index contributed by atoms with van der Waals surface area (Å²) in [6, 6.07) is 6.92. The molecule has 0 radical (unpaired) electrons. The van der Waals surface area contributed by atoms with E-state index in [4.69, 9.17) is 9.25 Å². The van der Waals surface area contributed by atoms with Gasteiger partial charge in [0.25, 0.3) is 0 Å². The fraction of sp³-hybridized carbons (Fsp3) is 0.0769. The Morgan fingerprint density at radius 3 is 2.94 bits per heavy atom. The van der Waals surface area contributed by atoms with E-state index in [0.29, 0.717) is 16.7 Å². The normalized spacial score (nSPS) is 10.7. The van der Waals surface area contributed by atoms with Crippen LogP contribution in [0.4, 0.5) is 0 Å². The van der Waals surface area contributed by atoms with Crippen LogP contribution < -0.4 is 10.3 Å². The Labute approximate surface area is 102 Å². The molecule has 5 nitrogen and oxygen atoms in total. The summed E-state index contributed by atoms with van der Waals surface area (Å²) in [5.74, 6) is 0.629. The van der Waals surface area contributed by atoms with Gasteiger partial charge in [-0.2, -0.15) is 4.73 Å². The molecule has 90 valence electrons. The highest BCUT2D eigenvalue weighted by Crippen LogP contribution is 2.22. The van der Waals surface area contributed by atoms with Crippen LogP contribution in [-0.4, -0.2) is 16.8 Å². The summed E-state index contributed by atoms with van der Waals surface area (Å²) in [7, 11) is 1.55. The number of benzene rings is 1. The number of pyridine rings is 1. The standard InChI is InChI=1S/C13H10N2O3/c1-17-15-5-4-12(16)10-6-9(2-3-11(10)15)13-7-14-8-18-13/h2-8H,1H3. The lowest BCUT2D eigenvalue weighted by molar-refractivity contribution is 0.177. The minimum Gasteiger partial charge on any atom is -0.444 e. The maximum absolute atomic E-state index is 11.9. The van der Waals surface area contributed by atoms with Gasteiger partial charge in [0.2, 0.25) is 0 Å². The number of fused-ring (bicyclic) bond motifs is 1. The van der Waals surface area contributed by atoms with Gasteiger partial charge in [-0.15, -0.1) is 0 Å².